The van der Waals surface area contributed by atoms with Crippen LogP contribution in [0, 0.1) is 12.8 Å². The predicted octanol–water partition coefficient (Wildman–Crippen LogP) is 7.03. The second-order valence-corrected chi connectivity index (χ2v) is 9.79. The number of furan rings is 1. The van der Waals surface area contributed by atoms with Gasteiger partial charge in [-0.05, 0) is 55.9 Å². The molecule has 3 heterocycles. The summed E-state index contributed by atoms with van der Waals surface area (Å²) in [6.07, 6.45) is 9.85. The van der Waals surface area contributed by atoms with Crippen LogP contribution < -0.4 is 4.57 Å². The summed E-state index contributed by atoms with van der Waals surface area (Å²) in [6.45, 7) is 6.70. The van der Waals surface area contributed by atoms with Crippen molar-refractivity contribution in [2.24, 2.45) is 13.0 Å². The number of aromatic nitrogens is 2. The van der Waals surface area contributed by atoms with Crippen LogP contribution in [0.3, 0.4) is 0 Å². The average Bonchev–Trinajstić information content (AvgIpc) is 3.12. The molecule has 4 aromatic rings. The zero-order chi connectivity index (χ0) is 21.5. The number of rotatable bonds is 4. The van der Waals surface area contributed by atoms with Crippen molar-refractivity contribution in [2.45, 2.75) is 65.2 Å². The maximum atomic E-state index is 6.48. The lowest BCUT2D eigenvalue weighted by atomic mass is 9.86. The van der Waals surface area contributed by atoms with E-state index in [1.807, 2.05) is 0 Å². The van der Waals surface area contributed by atoms with Gasteiger partial charge in [0.25, 0.3) is 0 Å². The summed E-state index contributed by atoms with van der Waals surface area (Å²) in [5, 5.41) is 2.28. The van der Waals surface area contributed by atoms with Crippen molar-refractivity contribution in [1.82, 2.24) is 4.98 Å². The van der Waals surface area contributed by atoms with Crippen LogP contribution in [-0.2, 0) is 13.5 Å². The van der Waals surface area contributed by atoms with Crippen molar-refractivity contribution in [1.29, 1.82) is 0 Å². The van der Waals surface area contributed by atoms with Crippen molar-refractivity contribution in [3.63, 3.8) is 0 Å². The number of hydrogen-bond acceptors (Lipinski definition) is 2. The van der Waals surface area contributed by atoms with Crippen LogP contribution in [0.4, 0.5) is 0 Å². The monoisotopic (exact) mass is 413 g/mol. The molecule has 1 saturated carbocycles. The Balaban J connectivity index is 1.64. The number of fused-ring (bicyclic) bond motifs is 3. The number of benzene rings is 1. The van der Waals surface area contributed by atoms with E-state index in [1.165, 1.54) is 60.2 Å². The fourth-order valence-corrected chi connectivity index (χ4v) is 5.29. The van der Waals surface area contributed by atoms with Gasteiger partial charge in [0, 0.05) is 34.0 Å². The lowest BCUT2D eigenvalue weighted by molar-refractivity contribution is -0.660. The van der Waals surface area contributed by atoms with E-state index in [9.17, 15) is 0 Å². The SMILES string of the molecule is Cc1ccc2c(oc3nc(C4CCCCC4)ccc32)c1-c1ccc(CC(C)C)c[n+]1C. The summed E-state index contributed by atoms with van der Waals surface area (Å²) >= 11 is 0. The first kappa shape index (κ1) is 20.2. The molecule has 31 heavy (non-hydrogen) atoms. The highest BCUT2D eigenvalue weighted by Crippen LogP contribution is 2.38. The summed E-state index contributed by atoms with van der Waals surface area (Å²) in [7, 11) is 2.14. The van der Waals surface area contributed by atoms with Gasteiger partial charge in [0.2, 0.25) is 11.4 Å². The van der Waals surface area contributed by atoms with Gasteiger partial charge in [0.1, 0.15) is 7.05 Å². The largest absolute Gasteiger partial charge is 0.437 e. The van der Waals surface area contributed by atoms with E-state index in [-0.39, 0.29) is 0 Å². The van der Waals surface area contributed by atoms with Crippen LogP contribution in [0.25, 0.3) is 33.3 Å². The average molecular weight is 414 g/mol. The van der Waals surface area contributed by atoms with Gasteiger partial charge in [-0.2, -0.15) is 0 Å². The van der Waals surface area contributed by atoms with E-state index in [4.69, 9.17) is 9.40 Å². The molecule has 3 nitrogen and oxygen atoms in total. The van der Waals surface area contributed by atoms with Crippen LogP contribution in [0.15, 0.2) is 47.0 Å². The first-order valence-corrected chi connectivity index (χ1v) is 11.8. The molecule has 1 aromatic carbocycles. The molecule has 5 rings (SSSR count). The van der Waals surface area contributed by atoms with Crippen molar-refractivity contribution >= 4 is 22.1 Å². The van der Waals surface area contributed by atoms with Crippen LogP contribution in [0.2, 0.25) is 0 Å². The molecule has 0 bridgehead atoms. The predicted molar refractivity (Wildman–Crippen MR) is 127 cm³/mol. The van der Waals surface area contributed by atoms with Crippen molar-refractivity contribution in [3.05, 3.63) is 59.4 Å². The quantitative estimate of drug-likeness (QED) is 0.336. The van der Waals surface area contributed by atoms with Gasteiger partial charge >= 0.3 is 0 Å². The highest BCUT2D eigenvalue weighted by molar-refractivity contribution is 6.08. The molecule has 0 amide bonds. The molecule has 0 unspecified atom stereocenters. The van der Waals surface area contributed by atoms with Gasteiger partial charge in [-0.3, -0.25) is 0 Å². The molecular weight excluding hydrogens is 380 g/mol. The minimum absolute atomic E-state index is 0.582. The lowest BCUT2D eigenvalue weighted by Crippen LogP contribution is -2.31. The maximum Gasteiger partial charge on any atom is 0.227 e. The molecule has 0 atom stereocenters. The van der Waals surface area contributed by atoms with Gasteiger partial charge in [0.05, 0.1) is 5.56 Å². The van der Waals surface area contributed by atoms with Crippen LogP contribution >= 0.6 is 0 Å². The molecule has 160 valence electrons. The third kappa shape index (κ3) is 3.75. The van der Waals surface area contributed by atoms with Crippen molar-refractivity contribution in [2.75, 3.05) is 0 Å². The number of nitrogens with zero attached hydrogens (tertiary/aromatic N) is 2. The second-order valence-electron chi connectivity index (χ2n) is 9.79. The topological polar surface area (TPSA) is 29.9 Å². The first-order valence-electron chi connectivity index (χ1n) is 11.8. The number of aryl methyl sites for hydroxylation is 2. The Labute approximate surface area is 185 Å². The molecule has 3 aromatic heterocycles. The van der Waals surface area contributed by atoms with E-state index in [0.29, 0.717) is 11.8 Å². The Hall–Kier alpha value is -2.68. The molecule has 3 heteroatoms. The summed E-state index contributed by atoms with van der Waals surface area (Å²) in [6, 6.07) is 13.4. The highest BCUT2D eigenvalue weighted by Gasteiger charge is 2.23. The lowest BCUT2D eigenvalue weighted by Gasteiger charge is -2.20. The Morgan fingerprint density at radius 3 is 2.52 bits per heavy atom. The zero-order valence-electron chi connectivity index (χ0n) is 19.2. The minimum atomic E-state index is 0.582. The maximum absolute atomic E-state index is 6.48. The molecule has 0 aliphatic heterocycles. The fraction of sp³-hybridized carbons (Fsp3) is 0.429. The van der Waals surface area contributed by atoms with Crippen molar-refractivity contribution < 1.29 is 8.98 Å². The summed E-state index contributed by atoms with van der Waals surface area (Å²) in [5.41, 5.74) is 7.89. The Morgan fingerprint density at radius 2 is 1.77 bits per heavy atom. The molecule has 1 aliphatic carbocycles. The van der Waals surface area contributed by atoms with Crippen LogP contribution in [0.5, 0.6) is 0 Å². The Bertz CT molecular complexity index is 1250. The van der Waals surface area contributed by atoms with Crippen LogP contribution in [0.1, 0.15) is 68.7 Å². The smallest absolute Gasteiger partial charge is 0.227 e. The van der Waals surface area contributed by atoms with Gasteiger partial charge in [-0.15, -0.1) is 0 Å². The Kier molecular flexibility index (Phi) is 5.29. The summed E-state index contributed by atoms with van der Waals surface area (Å²) < 4.78 is 8.72. The van der Waals surface area contributed by atoms with Gasteiger partial charge in [-0.1, -0.05) is 45.2 Å². The molecule has 0 N–H and O–H groups in total. The number of hydrogen-bond donors (Lipinski definition) is 0. The van der Waals surface area contributed by atoms with E-state index < -0.39 is 0 Å². The fourth-order valence-electron chi connectivity index (χ4n) is 5.29. The zero-order valence-corrected chi connectivity index (χ0v) is 19.2. The van der Waals surface area contributed by atoms with E-state index in [1.54, 1.807) is 0 Å². The van der Waals surface area contributed by atoms with E-state index in [2.05, 4.69) is 75.0 Å². The minimum Gasteiger partial charge on any atom is -0.437 e. The third-order valence-corrected chi connectivity index (χ3v) is 6.86. The van der Waals surface area contributed by atoms with Gasteiger partial charge in [0.15, 0.2) is 11.8 Å². The third-order valence-electron chi connectivity index (χ3n) is 6.86. The second kappa shape index (κ2) is 8.11. The van der Waals surface area contributed by atoms with E-state index >= 15 is 0 Å². The standard InChI is InChI=1S/C28H33N2O/c1-18(2)16-20-11-15-25(30(4)17-20)26-19(3)10-12-22-23-13-14-24(21-8-6-5-7-9-21)29-28(23)31-27(22)26/h10-15,17-18,21H,5-9,16H2,1-4H3/q+1. The molecule has 0 spiro atoms. The van der Waals surface area contributed by atoms with Crippen molar-refractivity contribution in [3.8, 4) is 11.3 Å². The molecule has 0 radical (unpaired) electrons. The first-order chi connectivity index (χ1) is 15.0. The summed E-state index contributed by atoms with van der Waals surface area (Å²) in [5.74, 6) is 1.23. The number of pyridine rings is 2. The van der Waals surface area contributed by atoms with E-state index in [0.717, 1.165) is 28.5 Å². The molecule has 1 fully saturated rings. The van der Waals surface area contributed by atoms with Gasteiger partial charge in [-0.25, -0.2) is 9.55 Å². The normalized spacial score (nSPS) is 15.4. The van der Waals surface area contributed by atoms with Gasteiger partial charge < -0.3 is 4.42 Å². The summed E-state index contributed by atoms with van der Waals surface area (Å²) in [4.78, 5) is 5.00. The van der Waals surface area contributed by atoms with Crippen LogP contribution in [-0.4, -0.2) is 4.98 Å². The highest BCUT2D eigenvalue weighted by atomic mass is 16.3. The molecule has 0 saturated heterocycles. The Morgan fingerprint density at radius 1 is 1.00 bits per heavy atom. The molecule has 1 aliphatic rings. The molecular formula is C28H33N2O+.